The predicted molar refractivity (Wildman–Crippen MR) is 157 cm³/mol. The summed E-state index contributed by atoms with van der Waals surface area (Å²) < 4.78 is 0. The molecule has 0 unspecified atom stereocenters. The van der Waals surface area contributed by atoms with Gasteiger partial charge >= 0.3 is 0 Å². The molecule has 1 heterocycles. The van der Waals surface area contributed by atoms with Crippen LogP contribution in [0.15, 0.2) is 18.2 Å². The second kappa shape index (κ2) is 14.3. The van der Waals surface area contributed by atoms with Crippen molar-refractivity contribution in [2.75, 3.05) is 45.8 Å². The molecular weight excluding hydrogens is 521 g/mol. The largest absolute Gasteiger partial charge is 0.344 e. The molecule has 9 heteroatoms. The summed E-state index contributed by atoms with van der Waals surface area (Å²) in [5.41, 5.74) is 6.85. The maximum Gasteiger partial charge on any atom is 0.245 e. The molecule has 0 aromatic heterocycles. The Balaban J connectivity index is 1.65. The van der Waals surface area contributed by atoms with Crippen molar-refractivity contribution in [2.24, 2.45) is 11.1 Å². The Bertz CT molecular complexity index is 922. The molecule has 3 rings (SSSR count). The average molecular weight is 569 g/mol. The number of nitrogens with zero attached hydrogens (tertiary/aromatic N) is 2. The van der Waals surface area contributed by atoms with Crippen molar-refractivity contribution in [3.8, 4) is 0 Å². The number of halogens is 2. The highest BCUT2D eigenvalue weighted by atomic mass is 35.5. The van der Waals surface area contributed by atoms with E-state index < -0.39 is 6.04 Å². The van der Waals surface area contributed by atoms with Gasteiger partial charge in [0.1, 0.15) is 6.04 Å². The van der Waals surface area contributed by atoms with Crippen molar-refractivity contribution in [2.45, 2.75) is 83.7 Å². The lowest BCUT2D eigenvalue weighted by Gasteiger charge is -2.50. The number of hydrogen-bond donors (Lipinski definition) is 3. The monoisotopic (exact) mass is 567 g/mol. The summed E-state index contributed by atoms with van der Waals surface area (Å²) in [6.07, 6.45) is 7.88. The third kappa shape index (κ3) is 9.09. The molecule has 7 nitrogen and oxygen atoms in total. The van der Waals surface area contributed by atoms with Crippen molar-refractivity contribution in [1.82, 2.24) is 20.4 Å². The molecule has 0 bridgehead atoms. The first-order valence-corrected chi connectivity index (χ1v) is 15.0. The van der Waals surface area contributed by atoms with Crippen molar-refractivity contribution in [3.63, 3.8) is 0 Å². The summed E-state index contributed by atoms with van der Waals surface area (Å²) in [6.45, 7) is 12.1. The van der Waals surface area contributed by atoms with Gasteiger partial charge in [-0.25, -0.2) is 0 Å². The van der Waals surface area contributed by atoms with Crippen LogP contribution in [-0.2, 0) is 16.0 Å². The molecule has 1 aliphatic heterocycles. The van der Waals surface area contributed by atoms with Crippen LogP contribution < -0.4 is 16.4 Å². The first-order valence-electron chi connectivity index (χ1n) is 14.2. The van der Waals surface area contributed by atoms with Gasteiger partial charge < -0.3 is 21.3 Å². The summed E-state index contributed by atoms with van der Waals surface area (Å²) in [5, 5.41) is 7.71. The van der Waals surface area contributed by atoms with E-state index in [0.717, 1.165) is 38.2 Å². The summed E-state index contributed by atoms with van der Waals surface area (Å²) in [7, 11) is 0. The number of nitrogens with one attached hydrogen (secondary N) is 2. The van der Waals surface area contributed by atoms with Gasteiger partial charge in [0.2, 0.25) is 11.8 Å². The second-order valence-electron chi connectivity index (χ2n) is 12.2. The molecule has 2 aliphatic rings. The molecule has 214 valence electrons. The number of carbonyl (C=O) groups excluding carboxylic acids is 2. The molecule has 1 atom stereocenters. The molecule has 2 amide bonds. The molecule has 1 saturated carbocycles. The lowest BCUT2D eigenvalue weighted by atomic mass is 9.79. The highest BCUT2D eigenvalue weighted by molar-refractivity contribution is 6.35. The van der Waals surface area contributed by atoms with Crippen LogP contribution in [-0.4, -0.2) is 79.0 Å². The van der Waals surface area contributed by atoms with Crippen LogP contribution >= 0.6 is 23.2 Å². The Labute approximate surface area is 239 Å². The van der Waals surface area contributed by atoms with Gasteiger partial charge in [-0.15, -0.1) is 0 Å². The van der Waals surface area contributed by atoms with E-state index in [-0.39, 0.29) is 30.3 Å². The maximum absolute atomic E-state index is 13.7. The predicted octanol–water partition coefficient (Wildman–Crippen LogP) is 4.24. The Morgan fingerprint density at radius 2 is 1.76 bits per heavy atom. The number of hydrogen-bond acceptors (Lipinski definition) is 5. The van der Waals surface area contributed by atoms with E-state index in [0.29, 0.717) is 35.0 Å². The molecule has 2 fully saturated rings. The average Bonchev–Trinajstić information content (AvgIpc) is 2.87. The minimum Gasteiger partial charge on any atom is -0.344 e. The normalized spacial score (nSPS) is 19.3. The Morgan fingerprint density at radius 1 is 1.08 bits per heavy atom. The zero-order valence-electron chi connectivity index (χ0n) is 23.5. The Kier molecular flexibility index (Phi) is 11.7. The van der Waals surface area contributed by atoms with Crippen LogP contribution in [0.5, 0.6) is 0 Å². The molecule has 38 heavy (non-hydrogen) atoms. The van der Waals surface area contributed by atoms with E-state index in [9.17, 15) is 9.59 Å². The van der Waals surface area contributed by atoms with E-state index in [1.54, 1.807) is 12.1 Å². The smallest absolute Gasteiger partial charge is 0.245 e. The van der Waals surface area contributed by atoms with Gasteiger partial charge in [0.25, 0.3) is 0 Å². The quantitative estimate of drug-likeness (QED) is 0.348. The van der Waals surface area contributed by atoms with Crippen LogP contribution in [0.2, 0.25) is 10.0 Å². The zero-order chi connectivity index (χ0) is 27.8. The van der Waals surface area contributed by atoms with E-state index in [1.165, 1.54) is 32.1 Å². The highest BCUT2D eigenvalue weighted by Gasteiger charge is 2.40. The Morgan fingerprint density at radius 3 is 2.37 bits per heavy atom. The summed E-state index contributed by atoms with van der Waals surface area (Å²) >= 11 is 12.5. The van der Waals surface area contributed by atoms with Crippen LogP contribution in [0, 0.1) is 5.41 Å². The SMILES string of the molecule is CC(C)(C)CCNCC1(N2CCN(C(=O)[C@@H](Cc3ccc(Cl)cc3Cl)NC(=O)CCN)CC2)CCCCC1. The van der Waals surface area contributed by atoms with Crippen LogP contribution in [0.25, 0.3) is 0 Å². The number of carbonyl (C=O) groups is 2. The minimum atomic E-state index is -0.693. The van der Waals surface area contributed by atoms with Gasteiger partial charge in [0.05, 0.1) is 0 Å². The molecule has 1 aromatic rings. The van der Waals surface area contributed by atoms with Gasteiger partial charge in [0.15, 0.2) is 0 Å². The van der Waals surface area contributed by atoms with Crippen molar-refractivity contribution >= 4 is 35.0 Å². The summed E-state index contributed by atoms with van der Waals surface area (Å²) in [6, 6.07) is 4.54. The van der Waals surface area contributed by atoms with Crippen LogP contribution in [0.1, 0.15) is 71.3 Å². The highest BCUT2D eigenvalue weighted by Crippen LogP contribution is 2.34. The number of nitrogens with two attached hydrogens (primary N) is 1. The number of benzene rings is 1. The molecule has 1 saturated heterocycles. The topological polar surface area (TPSA) is 90.7 Å². The third-order valence-electron chi connectivity index (χ3n) is 8.00. The summed E-state index contributed by atoms with van der Waals surface area (Å²) in [5.74, 6) is -0.293. The standard InChI is InChI=1S/C29H47Cl2N5O2/c1-28(2,3)12-14-33-21-29(10-5-4-6-11-29)36-17-15-35(16-18-36)27(38)25(34-26(37)9-13-32)19-22-7-8-23(30)20-24(22)31/h7-8,20,25,33H,4-6,9-19,21,32H2,1-3H3,(H,34,37)/t25-/m1/s1. The first-order chi connectivity index (χ1) is 18.0. The third-order valence-corrected chi connectivity index (χ3v) is 8.58. The summed E-state index contributed by atoms with van der Waals surface area (Å²) in [4.78, 5) is 30.6. The lowest BCUT2D eigenvalue weighted by Crippen LogP contribution is -2.63. The molecule has 0 radical (unpaired) electrons. The number of amides is 2. The lowest BCUT2D eigenvalue weighted by molar-refractivity contribution is -0.139. The van der Waals surface area contributed by atoms with E-state index in [4.69, 9.17) is 28.9 Å². The molecular formula is C29H47Cl2N5O2. The Hall–Kier alpha value is -1.38. The van der Waals surface area contributed by atoms with E-state index in [1.807, 2.05) is 11.0 Å². The van der Waals surface area contributed by atoms with Crippen LogP contribution in [0.3, 0.4) is 0 Å². The van der Waals surface area contributed by atoms with E-state index in [2.05, 4.69) is 36.3 Å². The fourth-order valence-corrected chi connectivity index (χ4v) is 6.21. The second-order valence-corrected chi connectivity index (χ2v) is 13.0. The zero-order valence-corrected chi connectivity index (χ0v) is 25.0. The van der Waals surface area contributed by atoms with Crippen molar-refractivity contribution in [1.29, 1.82) is 0 Å². The molecule has 0 spiro atoms. The fraction of sp³-hybridized carbons (Fsp3) is 0.724. The van der Waals surface area contributed by atoms with Crippen molar-refractivity contribution in [3.05, 3.63) is 33.8 Å². The maximum atomic E-state index is 13.7. The van der Waals surface area contributed by atoms with Gasteiger partial charge in [-0.1, -0.05) is 69.3 Å². The van der Waals surface area contributed by atoms with Gasteiger partial charge in [0, 0.05) is 67.7 Å². The van der Waals surface area contributed by atoms with Crippen molar-refractivity contribution < 1.29 is 9.59 Å². The molecule has 1 aromatic carbocycles. The van der Waals surface area contributed by atoms with Gasteiger partial charge in [-0.3, -0.25) is 14.5 Å². The van der Waals surface area contributed by atoms with Crippen LogP contribution in [0.4, 0.5) is 0 Å². The number of rotatable bonds is 11. The first kappa shape index (κ1) is 31.2. The van der Waals surface area contributed by atoms with E-state index >= 15 is 0 Å². The molecule has 4 N–H and O–H groups in total. The van der Waals surface area contributed by atoms with Gasteiger partial charge in [-0.05, 0) is 48.9 Å². The van der Waals surface area contributed by atoms with Gasteiger partial charge in [-0.2, -0.15) is 0 Å². The minimum absolute atomic E-state index is 0.0676. The fourth-order valence-electron chi connectivity index (χ4n) is 5.73. The molecule has 1 aliphatic carbocycles. The number of piperazine rings is 1.